The SMILES string of the molecule is CC1=CC=C(Cl)NO1. The number of hydrogen-bond donors (Lipinski definition) is 1. The summed E-state index contributed by atoms with van der Waals surface area (Å²) >= 11 is 5.46. The third kappa shape index (κ3) is 1.17. The third-order valence-corrected chi connectivity index (χ3v) is 0.977. The van der Waals surface area contributed by atoms with Crippen LogP contribution < -0.4 is 5.48 Å². The van der Waals surface area contributed by atoms with Gasteiger partial charge >= 0.3 is 0 Å². The van der Waals surface area contributed by atoms with E-state index in [1.54, 1.807) is 12.2 Å². The van der Waals surface area contributed by atoms with Crippen LogP contribution in [0.15, 0.2) is 23.1 Å². The molecule has 0 aromatic rings. The summed E-state index contributed by atoms with van der Waals surface area (Å²) in [5.41, 5.74) is 2.49. The van der Waals surface area contributed by atoms with Crippen LogP contribution in [0.5, 0.6) is 0 Å². The summed E-state index contributed by atoms with van der Waals surface area (Å²) in [6.07, 6.45) is 3.53. The normalized spacial score (nSPS) is 17.8. The van der Waals surface area contributed by atoms with Gasteiger partial charge in [0.25, 0.3) is 0 Å². The molecule has 0 saturated carbocycles. The molecule has 0 amide bonds. The Kier molecular flexibility index (Phi) is 1.44. The molecule has 1 N–H and O–H groups in total. The maximum Gasteiger partial charge on any atom is 0.137 e. The zero-order chi connectivity index (χ0) is 5.98. The molecule has 0 unspecified atom stereocenters. The Morgan fingerprint density at radius 3 is 2.75 bits per heavy atom. The van der Waals surface area contributed by atoms with E-state index in [2.05, 4.69) is 5.48 Å². The number of nitrogens with one attached hydrogen (secondary N) is 1. The first kappa shape index (κ1) is 5.51. The minimum atomic E-state index is 0.510. The average Bonchev–Trinajstić information content (AvgIpc) is 1.77. The Hall–Kier alpha value is -0.630. The van der Waals surface area contributed by atoms with Gasteiger partial charge in [-0.05, 0) is 19.1 Å². The van der Waals surface area contributed by atoms with Crippen molar-refractivity contribution in [1.82, 2.24) is 5.48 Å². The Morgan fingerprint density at radius 1 is 1.62 bits per heavy atom. The highest BCUT2D eigenvalue weighted by Gasteiger charge is 1.96. The highest BCUT2D eigenvalue weighted by atomic mass is 35.5. The van der Waals surface area contributed by atoms with Crippen LogP contribution in [0.25, 0.3) is 0 Å². The summed E-state index contributed by atoms with van der Waals surface area (Å²) < 4.78 is 0. The molecule has 0 atom stereocenters. The molecule has 1 aliphatic heterocycles. The van der Waals surface area contributed by atoms with E-state index in [1.165, 1.54) is 0 Å². The summed E-state index contributed by atoms with van der Waals surface area (Å²) in [4.78, 5) is 4.80. The van der Waals surface area contributed by atoms with Crippen molar-refractivity contribution in [3.8, 4) is 0 Å². The van der Waals surface area contributed by atoms with E-state index in [0.717, 1.165) is 5.76 Å². The van der Waals surface area contributed by atoms with Crippen molar-refractivity contribution in [3.63, 3.8) is 0 Å². The Labute approximate surface area is 52.7 Å². The smallest absolute Gasteiger partial charge is 0.137 e. The van der Waals surface area contributed by atoms with E-state index < -0.39 is 0 Å². The van der Waals surface area contributed by atoms with Crippen LogP contribution in [0.1, 0.15) is 6.92 Å². The van der Waals surface area contributed by atoms with Crippen LogP contribution in [-0.2, 0) is 4.84 Å². The van der Waals surface area contributed by atoms with Gasteiger partial charge in [-0.2, -0.15) is 0 Å². The van der Waals surface area contributed by atoms with Gasteiger partial charge in [0.05, 0.1) is 0 Å². The van der Waals surface area contributed by atoms with Crippen LogP contribution in [-0.4, -0.2) is 0 Å². The van der Waals surface area contributed by atoms with E-state index >= 15 is 0 Å². The summed E-state index contributed by atoms with van der Waals surface area (Å²) in [6, 6.07) is 0. The van der Waals surface area contributed by atoms with Crippen LogP contribution in [0.4, 0.5) is 0 Å². The van der Waals surface area contributed by atoms with Gasteiger partial charge in [-0.25, -0.2) is 5.48 Å². The summed E-state index contributed by atoms with van der Waals surface area (Å²) in [5.74, 6) is 0.814. The molecule has 0 spiro atoms. The van der Waals surface area contributed by atoms with Crippen molar-refractivity contribution in [2.24, 2.45) is 0 Å². The largest absolute Gasteiger partial charge is 0.386 e. The van der Waals surface area contributed by atoms with E-state index in [9.17, 15) is 0 Å². The zero-order valence-corrected chi connectivity index (χ0v) is 5.20. The molecule has 1 rings (SSSR count). The predicted octanol–water partition coefficient (Wildman–Crippen LogP) is 1.51. The monoisotopic (exact) mass is 131 g/mol. The van der Waals surface area contributed by atoms with Crippen molar-refractivity contribution in [2.75, 3.05) is 0 Å². The standard InChI is InChI=1S/C5H6ClNO/c1-4-2-3-5(6)7-8-4/h2-3,7H,1H3. The number of halogens is 1. The first-order valence-corrected chi connectivity index (χ1v) is 2.64. The highest BCUT2D eigenvalue weighted by molar-refractivity contribution is 6.29. The molecule has 8 heavy (non-hydrogen) atoms. The van der Waals surface area contributed by atoms with Crippen molar-refractivity contribution in [2.45, 2.75) is 6.92 Å². The summed E-state index contributed by atoms with van der Waals surface area (Å²) in [7, 11) is 0. The van der Waals surface area contributed by atoms with Crippen LogP contribution >= 0.6 is 11.6 Å². The second-order valence-electron chi connectivity index (χ2n) is 1.50. The molecule has 0 aromatic heterocycles. The minimum Gasteiger partial charge on any atom is -0.386 e. The van der Waals surface area contributed by atoms with Crippen molar-refractivity contribution < 1.29 is 4.84 Å². The molecule has 0 fully saturated rings. The molecular formula is C5H6ClNO. The molecule has 2 nitrogen and oxygen atoms in total. The van der Waals surface area contributed by atoms with Gasteiger partial charge in [-0.3, -0.25) is 0 Å². The molecule has 0 aromatic carbocycles. The molecule has 1 heterocycles. The van der Waals surface area contributed by atoms with E-state index in [0.29, 0.717) is 5.16 Å². The van der Waals surface area contributed by atoms with E-state index in [-0.39, 0.29) is 0 Å². The van der Waals surface area contributed by atoms with Crippen LogP contribution in [0.2, 0.25) is 0 Å². The number of hydroxylamine groups is 1. The van der Waals surface area contributed by atoms with Crippen molar-refractivity contribution in [1.29, 1.82) is 0 Å². The first-order chi connectivity index (χ1) is 3.79. The molecule has 44 valence electrons. The van der Waals surface area contributed by atoms with E-state index in [4.69, 9.17) is 16.4 Å². The van der Waals surface area contributed by atoms with Gasteiger partial charge in [0.1, 0.15) is 10.9 Å². The summed E-state index contributed by atoms with van der Waals surface area (Å²) in [5, 5.41) is 0.510. The Morgan fingerprint density at radius 2 is 2.38 bits per heavy atom. The maximum absolute atomic E-state index is 5.46. The lowest BCUT2D eigenvalue weighted by atomic mass is 10.4. The lowest BCUT2D eigenvalue weighted by molar-refractivity contribution is 0.136. The molecule has 0 radical (unpaired) electrons. The fourth-order valence-electron chi connectivity index (χ4n) is 0.388. The van der Waals surface area contributed by atoms with Gasteiger partial charge in [-0.15, -0.1) is 0 Å². The first-order valence-electron chi connectivity index (χ1n) is 2.26. The molecule has 1 aliphatic rings. The summed E-state index contributed by atoms with van der Waals surface area (Å²) in [6.45, 7) is 1.84. The van der Waals surface area contributed by atoms with Crippen LogP contribution in [0.3, 0.4) is 0 Å². The number of rotatable bonds is 0. The molecule has 0 bridgehead atoms. The molecule has 0 saturated heterocycles. The van der Waals surface area contributed by atoms with Gasteiger partial charge < -0.3 is 4.84 Å². The third-order valence-electron chi connectivity index (χ3n) is 0.774. The van der Waals surface area contributed by atoms with Crippen molar-refractivity contribution >= 4 is 11.6 Å². The van der Waals surface area contributed by atoms with Gasteiger partial charge in [-0.1, -0.05) is 11.6 Å². The maximum atomic E-state index is 5.46. The topological polar surface area (TPSA) is 21.3 Å². The van der Waals surface area contributed by atoms with E-state index in [1.807, 2.05) is 6.92 Å². The highest BCUT2D eigenvalue weighted by Crippen LogP contribution is 2.06. The Balaban J connectivity index is 2.65. The lowest BCUT2D eigenvalue weighted by Crippen LogP contribution is -2.11. The second kappa shape index (κ2) is 2.09. The predicted molar refractivity (Wildman–Crippen MR) is 31.9 cm³/mol. The quantitative estimate of drug-likeness (QED) is 0.503. The molecule has 0 aliphatic carbocycles. The van der Waals surface area contributed by atoms with Crippen molar-refractivity contribution in [3.05, 3.63) is 23.1 Å². The molecular weight excluding hydrogens is 126 g/mol. The fourth-order valence-corrected chi connectivity index (χ4v) is 0.489. The average molecular weight is 132 g/mol. The van der Waals surface area contributed by atoms with Gasteiger partial charge in [0.15, 0.2) is 0 Å². The van der Waals surface area contributed by atoms with Crippen LogP contribution in [0, 0.1) is 0 Å². The molecule has 3 heteroatoms. The Bertz CT molecular complexity index is 133. The number of hydrogen-bond acceptors (Lipinski definition) is 2. The fraction of sp³-hybridized carbons (Fsp3) is 0.200. The second-order valence-corrected chi connectivity index (χ2v) is 1.90. The van der Waals surface area contributed by atoms with Gasteiger partial charge in [0.2, 0.25) is 0 Å². The van der Waals surface area contributed by atoms with Gasteiger partial charge in [0, 0.05) is 0 Å². The minimum absolute atomic E-state index is 0.510. The zero-order valence-electron chi connectivity index (χ0n) is 4.44. The lowest BCUT2D eigenvalue weighted by Gasteiger charge is -2.09. The number of allylic oxidation sites excluding steroid dienone is 3.